The Morgan fingerprint density at radius 2 is 1.67 bits per heavy atom. The molecule has 0 saturated heterocycles. The van der Waals surface area contributed by atoms with Crippen LogP contribution in [0.1, 0.15) is 51.9 Å². The molecule has 0 spiro atoms. The molecule has 0 aliphatic heterocycles. The minimum absolute atomic E-state index is 1.05. The van der Waals surface area contributed by atoms with Crippen molar-refractivity contribution in [2.24, 2.45) is 0 Å². The number of unbranched alkanes of at least 4 members (excludes halogenated alkanes) is 2. The van der Waals surface area contributed by atoms with Crippen LogP contribution in [0.15, 0.2) is 61.3 Å². The van der Waals surface area contributed by atoms with E-state index >= 15 is 0 Å². The smallest absolute Gasteiger partial charge is 0.0245 e. The van der Waals surface area contributed by atoms with E-state index in [4.69, 9.17) is 0 Å². The van der Waals surface area contributed by atoms with E-state index in [0.717, 1.165) is 25.7 Å². The zero-order chi connectivity index (χ0) is 13.6. The van der Waals surface area contributed by atoms with Crippen molar-refractivity contribution in [3.63, 3.8) is 0 Å². The maximum atomic E-state index is 3.81. The largest absolute Gasteiger partial charge is 0.103 e. The molecule has 0 nitrogen and oxygen atoms in total. The normalized spacial score (nSPS) is 12.3. The summed E-state index contributed by atoms with van der Waals surface area (Å²) in [6.45, 7) is 13.6. The van der Waals surface area contributed by atoms with Crippen molar-refractivity contribution in [3.8, 4) is 0 Å². The number of rotatable bonds is 11. The molecule has 0 N–H and O–H groups in total. The standard InChI is InChI=1S/C18H28/c1-5-9-12-13-16-17(8-4)18(14-10-6-2)15-11-7-3/h5-7,10,14H,1-3,8-9,11-13,15-16H2,4H3. The quantitative estimate of drug-likeness (QED) is 0.232. The first-order chi connectivity index (χ1) is 8.79. The van der Waals surface area contributed by atoms with Crippen molar-refractivity contribution in [1.82, 2.24) is 0 Å². The summed E-state index contributed by atoms with van der Waals surface area (Å²) in [6, 6.07) is 0. The Bertz CT molecular complexity index is 302. The second-order valence-electron chi connectivity index (χ2n) is 4.44. The molecule has 0 heteroatoms. The van der Waals surface area contributed by atoms with E-state index in [1.165, 1.54) is 24.8 Å². The molecule has 0 bridgehead atoms. The molecule has 0 unspecified atom stereocenters. The van der Waals surface area contributed by atoms with Crippen LogP contribution >= 0.6 is 0 Å². The van der Waals surface area contributed by atoms with E-state index in [0.29, 0.717) is 0 Å². The highest BCUT2D eigenvalue weighted by atomic mass is 14.1. The molecule has 18 heavy (non-hydrogen) atoms. The maximum absolute atomic E-state index is 3.81. The topological polar surface area (TPSA) is 0 Å². The molecule has 0 amide bonds. The van der Waals surface area contributed by atoms with E-state index in [9.17, 15) is 0 Å². The van der Waals surface area contributed by atoms with Gasteiger partial charge in [0.1, 0.15) is 0 Å². The third-order valence-corrected chi connectivity index (χ3v) is 3.07. The Kier molecular flexibility index (Phi) is 11.3. The SMILES string of the molecule is C=CC=CC(CCC=C)=C(CC)CCCCC=C. The molecule has 0 aromatic carbocycles. The zero-order valence-corrected chi connectivity index (χ0v) is 12.0. The summed E-state index contributed by atoms with van der Waals surface area (Å²) in [7, 11) is 0. The van der Waals surface area contributed by atoms with Crippen molar-refractivity contribution in [3.05, 3.63) is 61.3 Å². The van der Waals surface area contributed by atoms with Gasteiger partial charge in [0.2, 0.25) is 0 Å². The summed E-state index contributed by atoms with van der Waals surface area (Å²) in [5.41, 5.74) is 3.05. The van der Waals surface area contributed by atoms with Gasteiger partial charge >= 0.3 is 0 Å². The summed E-state index contributed by atoms with van der Waals surface area (Å²) in [6.07, 6.45) is 18.2. The predicted molar refractivity (Wildman–Crippen MR) is 84.8 cm³/mol. The predicted octanol–water partition coefficient (Wildman–Crippen LogP) is 6.15. The minimum Gasteiger partial charge on any atom is -0.103 e. The van der Waals surface area contributed by atoms with Crippen molar-refractivity contribution >= 4 is 0 Å². The molecule has 0 radical (unpaired) electrons. The van der Waals surface area contributed by atoms with Gasteiger partial charge in [0.15, 0.2) is 0 Å². The summed E-state index contributed by atoms with van der Waals surface area (Å²) >= 11 is 0. The van der Waals surface area contributed by atoms with Gasteiger partial charge in [0.05, 0.1) is 0 Å². The molecule has 0 aromatic rings. The van der Waals surface area contributed by atoms with E-state index in [-0.39, 0.29) is 0 Å². The van der Waals surface area contributed by atoms with E-state index in [1.54, 1.807) is 5.57 Å². The highest BCUT2D eigenvalue weighted by molar-refractivity contribution is 5.28. The van der Waals surface area contributed by atoms with E-state index < -0.39 is 0 Å². The van der Waals surface area contributed by atoms with E-state index in [2.05, 4.69) is 32.7 Å². The van der Waals surface area contributed by atoms with Gasteiger partial charge in [-0.05, 0) is 50.5 Å². The second-order valence-corrected chi connectivity index (χ2v) is 4.44. The van der Waals surface area contributed by atoms with Crippen LogP contribution in [0.25, 0.3) is 0 Å². The monoisotopic (exact) mass is 244 g/mol. The lowest BCUT2D eigenvalue weighted by Gasteiger charge is -2.10. The fourth-order valence-electron chi connectivity index (χ4n) is 2.01. The first-order valence-electron chi connectivity index (χ1n) is 7.01. The first-order valence-corrected chi connectivity index (χ1v) is 7.01. The van der Waals surface area contributed by atoms with Crippen molar-refractivity contribution in [2.75, 3.05) is 0 Å². The van der Waals surface area contributed by atoms with Gasteiger partial charge in [-0.2, -0.15) is 0 Å². The van der Waals surface area contributed by atoms with Crippen molar-refractivity contribution in [1.29, 1.82) is 0 Å². The Balaban J connectivity index is 4.60. The van der Waals surface area contributed by atoms with Crippen LogP contribution in [-0.2, 0) is 0 Å². The van der Waals surface area contributed by atoms with Gasteiger partial charge in [0, 0.05) is 0 Å². The Morgan fingerprint density at radius 3 is 2.22 bits per heavy atom. The number of hydrogen-bond donors (Lipinski definition) is 0. The molecule has 0 atom stereocenters. The van der Waals surface area contributed by atoms with Crippen LogP contribution in [0.3, 0.4) is 0 Å². The minimum atomic E-state index is 1.05. The van der Waals surface area contributed by atoms with Gasteiger partial charge in [-0.25, -0.2) is 0 Å². The highest BCUT2D eigenvalue weighted by Crippen LogP contribution is 2.22. The summed E-state index contributed by atoms with van der Waals surface area (Å²) < 4.78 is 0. The second kappa shape index (κ2) is 12.2. The molecule has 0 fully saturated rings. The van der Waals surface area contributed by atoms with Crippen LogP contribution < -0.4 is 0 Å². The van der Waals surface area contributed by atoms with Crippen LogP contribution in [0.5, 0.6) is 0 Å². The maximum Gasteiger partial charge on any atom is -0.0245 e. The molecule has 0 rings (SSSR count). The van der Waals surface area contributed by atoms with Crippen LogP contribution in [0.4, 0.5) is 0 Å². The average molecular weight is 244 g/mol. The molecule has 0 aliphatic rings. The van der Waals surface area contributed by atoms with Gasteiger partial charge in [-0.3, -0.25) is 0 Å². The molecule has 0 aromatic heterocycles. The van der Waals surface area contributed by atoms with Gasteiger partial charge in [0.25, 0.3) is 0 Å². The molecule has 0 saturated carbocycles. The summed E-state index contributed by atoms with van der Waals surface area (Å²) in [5.74, 6) is 0. The third-order valence-electron chi connectivity index (χ3n) is 3.07. The van der Waals surface area contributed by atoms with Crippen LogP contribution in [0, 0.1) is 0 Å². The number of hydrogen-bond acceptors (Lipinski definition) is 0. The zero-order valence-electron chi connectivity index (χ0n) is 12.0. The van der Waals surface area contributed by atoms with Crippen LogP contribution in [0.2, 0.25) is 0 Å². The Labute approximate surface area is 113 Å². The molecule has 100 valence electrons. The summed E-state index contributed by atoms with van der Waals surface area (Å²) in [5, 5.41) is 0. The highest BCUT2D eigenvalue weighted by Gasteiger charge is 2.02. The van der Waals surface area contributed by atoms with Gasteiger partial charge in [-0.15, -0.1) is 13.2 Å². The molecular formula is C18H28. The lowest BCUT2D eigenvalue weighted by Crippen LogP contribution is -1.91. The summed E-state index contributed by atoms with van der Waals surface area (Å²) in [4.78, 5) is 0. The lowest BCUT2D eigenvalue weighted by atomic mass is 9.95. The number of allylic oxidation sites excluding steroid dienone is 7. The van der Waals surface area contributed by atoms with Crippen LogP contribution in [-0.4, -0.2) is 0 Å². The van der Waals surface area contributed by atoms with Gasteiger partial charge in [-0.1, -0.05) is 49.5 Å². The molecule has 0 heterocycles. The fourth-order valence-corrected chi connectivity index (χ4v) is 2.01. The third kappa shape index (κ3) is 7.89. The molecule has 0 aliphatic carbocycles. The van der Waals surface area contributed by atoms with Crippen molar-refractivity contribution in [2.45, 2.75) is 51.9 Å². The first kappa shape index (κ1) is 16.7. The Morgan fingerprint density at radius 1 is 0.944 bits per heavy atom. The van der Waals surface area contributed by atoms with Gasteiger partial charge < -0.3 is 0 Å². The lowest BCUT2D eigenvalue weighted by molar-refractivity contribution is 0.719. The van der Waals surface area contributed by atoms with Crippen molar-refractivity contribution < 1.29 is 0 Å². The fraction of sp³-hybridized carbons (Fsp3) is 0.444. The average Bonchev–Trinajstić information content (AvgIpc) is 2.40. The Hall–Kier alpha value is -1.30. The van der Waals surface area contributed by atoms with E-state index in [1.807, 2.05) is 24.3 Å². The molecular weight excluding hydrogens is 216 g/mol.